The minimum Gasteiger partial charge on any atom is -0.493 e. The van der Waals surface area contributed by atoms with Crippen LogP contribution in [0.1, 0.15) is 16.7 Å². The van der Waals surface area contributed by atoms with Gasteiger partial charge in [-0.25, -0.2) is 13.8 Å². The number of benzene rings is 3. The van der Waals surface area contributed by atoms with Crippen molar-refractivity contribution in [3.05, 3.63) is 82.4 Å². The van der Waals surface area contributed by atoms with Gasteiger partial charge in [-0.2, -0.15) is 5.10 Å². The number of carbonyl (C=O) groups is 1. The first-order valence-corrected chi connectivity index (χ1v) is 12.4. The van der Waals surface area contributed by atoms with Crippen LogP contribution >= 0.6 is 11.6 Å². The second-order valence-corrected chi connectivity index (χ2v) is 9.96. The average molecular weight is 516 g/mol. The highest BCUT2D eigenvalue weighted by molar-refractivity contribution is 7.92. The Morgan fingerprint density at radius 2 is 1.69 bits per heavy atom. The van der Waals surface area contributed by atoms with E-state index in [1.807, 2.05) is 6.92 Å². The standard InChI is InChI=1S/C25H26ClN3O5S/c1-17-5-10-21(11-6-17)35(31,32)29(22-14-20(26)9-7-18(22)2)16-25(30)28-27-15-19-8-12-23(33-3)24(13-19)34-4/h5-15H,16H2,1-4H3,(H,28,30)/b27-15-. The summed E-state index contributed by atoms with van der Waals surface area (Å²) in [5.74, 6) is 0.439. The number of hydrogen-bond acceptors (Lipinski definition) is 6. The van der Waals surface area contributed by atoms with Gasteiger partial charge in [0.2, 0.25) is 0 Å². The largest absolute Gasteiger partial charge is 0.493 e. The van der Waals surface area contributed by atoms with Gasteiger partial charge in [-0.3, -0.25) is 9.10 Å². The SMILES string of the molecule is COc1ccc(/C=N\NC(=O)CN(c2cc(Cl)ccc2C)S(=O)(=O)c2ccc(C)cc2)cc1OC. The van der Waals surface area contributed by atoms with Crippen LogP contribution in [0.25, 0.3) is 0 Å². The van der Waals surface area contributed by atoms with Gasteiger partial charge < -0.3 is 9.47 Å². The Hall–Kier alpha value is -3.56. The van der Waals surface area contributed by atoms with Gasteiger partial charge in [0, 0.05) is 5.02 Å². The molecule has 0 radical (unpaired) electrons. The second kappa shape index (κ2) is 11.2. The Balaban J connectivity index is 1.86. The lowest BCUT2D eigenvalue weighted by Gasteiger charge is -2.25. The Labute approximate surface area is 210 Å². The smallest absolute Gasteiger partial charge is 0.264 e. The van der Waals surface area contributed by atoms with Gasteiger partial charge in [0.05, 0.1) is 31.0 Å². The fourth-order valence-electron chi connectivity index (χ4n) is 3.27. The molecule has 0 fully saturated rings. The fraction of sp³-hybridized carbons (Fsp3) is 0.200. The first-order chi connectivity index (χ1) is 16.6. The molecule has 3 aromatic carbocycles. The normalized spacial score (nSPS) is 11.3. The minimum absolute atomic E-state index is 0.0594. The van der Waals surface area contributed by atoms with Gasteiger partial charge in [0.1, 0.15) is 6.54 Å². The molecule has 0 bridgehead atoms. The molecule has 10 heteroatoms. The summed E-state index contributed by atoms with van der Waals surface area (Å²) in [6.45, 7) is 3.11. The minimum atomic E-state index is -4.07. The van der Waals surface area contributed by atoms with Crippen LogP contribution in [0.5, 0.6) is 11.5 Å². The molecule has 0 aliphatic carbocycles. The molecule has 0 saturated carbocycles. The van der Waals surface area contributed by atoms with E-state index in [1.165, 1.54) is 38.6 Å². The van der Waals surface area contributed by atoms with Gasteiger partial charge in [-0.15, -0.1) is 0 Å². The van der Waals surface area contributed by atoms with Crippen molar-refractivity contribution >= 4 is 39.4 Å². The van der Waals surface area contributed by atoms with Crippen molar-refractivity contribution in [1.29, 1.82) is 0 Å². The molecule has 0 spiro atoms. The Morgan fingerprint density at radius 3 is 2.34 bits per heavy atom. The molecule has 3 aromatic rings. The third-order valence-corrected chi connectivity index (χ3v) is 7.16. The van der Waals surface area contributed by atoms with Crippen LogP contribution in [0.2, 0.25) is 5.02 Å². The second-order valence-electron chi connectivity index (χ2n) is 7.66. The number of hydrazone groups is 1. The highest BCUT2D eigenvalue weighted by Crippen LogP contribution is 2.30. The zero-order valence-electron chi connectivity index (χ0n) is 19.8. The number of aryl methyl sites for hydroxylation is 2. The van der Waals surface area contributed by atoms with E-state index >= 15 is 0 Å². The van der Waals surface area contributed by atoms with Crippen molar-refractivity contribution in [2.75, 3.05) is 25.1 Å². The van der Waals surface area contributed by atoms with Gasteiger partial charge in [-0.1, -0.05) is 35.4 Å². The summed E-state index contributed by atoms with van der Waals surface area (Å²) in [5.41, 5.74) is 4.90. The van der Waals surface area contributed by atoms with E-state index in [-0.39, 0.29) is 4.90 Å². The summed E-state index contributed by atoms with van der Waals surface area (Å²) < 4.78 is 38.5. The summed E-state index contributed by atoms with van der Waals surface area (Å²) in [5, 5.41) is 4.31. The number of nitrogens with zero attached hydrogens (tertiary/aromatic N) is 2. The molecule has 0 aliphatic heterocycles. The maximum Gasteiger partial charge on any atom is 0.264 e. The monoisotopic (exact) mass is 515 g/mol. The molecule has 0 unspecified atom stereocenters. The van der Waals surface area contributed by atoms with Gasteiger partial charge in [0.25, 0.3) is 15.9 Å². The van der Waals surface area contributed by atoms with Crippen molar-refractivity contribution in [1.82, 2.24) is 5.43 Å². The lowest BCUT2D eigenvalue weighted by molar-refractivity contribution is -0.119. The molecule has 3 rings (SSSR count). The molecule has 0 atom stereocenters. The predicted molar refractivity (Wildman–Crippen MR) is 137 cm³/mol. The van der Waals surface area contributed by atoms with Crippen LogP contribution in [0.3, 0.4) is 0 Å². The lowest BCUT2D eigenvalue weighted by Crippen LogP contribution is -2.40. The molecule has 1 N–H and O–H groups in total. The summed E-state index contributed by atoms with van der Waals surface area (Å²) in [6, 6.07) is 16.4. The van der Waals surface area contributed by atoms with Crippen LogP contribution in [0.4, 0.5) is 5.69 Å². The number of ether oxygens (including phenoxy) is 2. The summed E-state index contributed by atoms with van der Waals surface area (Å²) in [4.78, 5) is 12.8. The molecule has 1 amide bonds. The first kappa shape index (κ1) is 26.1. The first-order valence-electron chi connectivity index (χ1n) is 10.5. The quantitative estimate of drug-likeness (QED) is 0.338. The number of carbonyl (C=O) groups excluding carboxylic acids is 1. The Kier molecular flexibility index (Phi) is 8.37. The zero-order chi connectivity index (χ0) is 25.6. The number of amides is 1. The number of hydrogen-bond donors (Lipinski definition) is 1. The highest BCUT2D eigenvalue weighted by Gasteiger charge is 2.28. The number of halogens is 1. The molecule has 8 nitrogen and oxygen atoms in total. The average Bonchev–Trinajstić information content (AvgIpc) is 2.84. The summed E-state index contributed by atoms with van der Waals surface area (Å²) in [6.07, 6.45) is 1.42. The summed E-state index contributed by atoms with van der Waals surface area (Å²) >= 11 is 6.15. The van der Waals surface area contributed by atoms with E-state index in [1.54, 1.807) is 49.4 Å². The number of anilines is 1. The Bertz CT molecular complexity index is 1340. The van der Waals surface area contributed by atoms with Crippen LogP contribution in [-0.2, 0) is 14.8 Å². The van der Waals surface area contributed by atoms with E-state index < -0.39 is 22.5 Å². The maximum absolute atomic E-state index is 13.5. The van der Waals surface area contributed by atoms with Gasteiger partial charge in [0.15, 0.2) is 11.5 Å². The van der Waals surface area contributed by atoms with E-state index in [2.05, 4.69) is 10.5 Å². The number of nitrogens with one attached hydrogen (secondary N) is 1. The highest BCUT2D eigenvalue weighted by atomic mass is 35.5. The molecule has 0 heterocycles. The molecule has 35 heavy (non-hydrogen) atoms. The molecular weight excluding hydrogens is 490 g/mol. The fourth-order valence-corrected chi connectivity index (χ4v) is 4.91. The van der Waals surface area contributed by atoms with Crippen LogP contribution in [0.15, 0.2) is 70.7 Å². The zero-order valence-corrected chi connectivity index (χ0v) is 21.4. The number of sulfonamides is 1. The number of rotatable bonds is 9. The van der Waals surface area contributed by atoms with Crippen LogP contribution in [0, 0.1) is 13.8 Å². The molecule has 0 saturated heterocycles. The topological polar surface area (TPSA) is 97.3 Å². The van der Waals surface area contributed by atoms with Crippen molar-refractivity contribution in [2.45, 2.75) is 18.7 Å². The van der Waals surface area contributed by atoms with E-state index in [0.717, 1.165) is 9.87 Å². The van der Waals surface area contributed by atoms with Crippen molar-refractivity contribution in [3.63, 3.8) is 0 Å². The maximum atomic E-state index is 13.5. The molecular formula is C25H26ClN3O5S. The molecule has 0 aromatic heterocycles. The van der Waals surface area contributed by atoms with Crippen molar-refractivity contribution in [3.8, 4) is 11.5 Å². The molecule has 184 valence electrons. The Morgan fingerprint density at radius 1 is 1.00 bits per heavy atom. The van der Waals surface area contributed by atoms with Crippen LogP contribution in [-0.4, -0.2) is 41.3 Å². The van der Waals surface area contributed by atoms with Crippen molar-refractivity contribution in [2.24, 2.45) is 5.10 Å². The van der Waals surface area contributed by atoms with Crippen molar-refractivity contribution < 1.29 is 22.7 Å². The lowest BCUT2D eigenvalue weighted by atomic mass is 10.2. The van der Waals surface area contributed by atoms with E-state index in [4.69, 9.17) is 21.1 Å². The van der Waals surface area contributed by atoms with Gasteiger partial charge >= 0.3 is 0 Å². The van der Waals surface area contributed by atoms with E-state index in [0.29, 0.717) is 33.3 Å². The van der Waals surface area contributed by atoms with Crippen LogP contribution < -0.4 is 19.2 Å². The van der Waals surface area contributed by atoms with Gasteiger partial charge in [-0.05, 0) is 67.4 Å². The third kappa shape index (κ3) is 6.32. The number of methoxy groups -OCH3 is 2. The predicted octanol–water partition coefficient (Wildman–Crippen LogP) is 4.32. The summed E-state index contributed by atoms with van der Waals surface area (Å²) in [7, 11) is -1.02. The van der Waals surface area contributed by atoms with E-state index in [9.17, 15) is 13.2 Å². The third-order valence-electron chi connectivity index (χ3n) is 5.15. The molecule has 0 aliphatic rings.